The summed E-state index contributed by atoms with van der Waals surface area (Å²) in [6.07, 6.45) is 4.61. The summed E-state index contributed by atoms with van der Waals surface area (Å²) < 4.78 is 0. The number of thioether (sulfide) groups is 1. The first-order valence-corrected chi connectivity index (χ1v) is 10.6. The van der Waals surface area contributed by atoms with Crippen molar-refractivity contribution in [3.05, 3.63) is 76.8 Å². The van der Waals surface area contributed by atoms with Crippen LogP contribution in [0.1, 0.15) is 17.5 Å². The third kappa shape index (κ3) is 4.46. The van der Waals surface area contributed by atoms with Gasteiger partial charge in [-0.1, -0.05) is 48.5 Å². The van der Waals surface area contributed by atoms with E-state index in [-0.39, 0.29) is 30.1 Å². The van der Waals surface area contributed by atoms with Gasteiger partial charge in [0.25, 0.3) is 11.1 Å². The third-order valence-electron chi connectivity index (χ3n) is 4.92. The Balaban J connectivity index is 1.26. The lowest BCUT2D eigenvalue weighted by Gasteiger charge is -2.13. The molecule has 2 heterocycles. The maximum Gasteiger partial charge on any atom is 0.293 e. The molecule has 0 atom stereocenters. The molecule has 4 rings (SSSR count). The summed E-state index contributed by atoms with van der Waals surface area (Å²) in [6, 6.07) is 17.4. The number of carbonyl (C=O) groups is 3. The molecular weight excluding hydrogens is 398 g/mol. The predicted octanol–water partition coefficient (Wildman–Crippen LogP) is 3.95. The van der Waals surface area contributed by atoms with Crippen LogP contribution >= 0.6 is 11.8 Å². The van der Waals surface area contributed by atoms with Crippen molar-refractivity contribution in [2.45, 2.75) is 12.8 Å². The maximum atomic E-state index is 12.5. The van der Waals surface area contributed by atoms with Gasteiger partial charge in [0.15, 0.2) is 0 Å². The number of aromatic nitrogens is 1. The lowest BCUT2D eigenvalue weighted by molar-refractivity contribution is -0.124. The molecule has 1 aliphatic rings. The van der Waals surface area contributed by atoms with Crippen molar-refractivity contribution < 1.29 is 14.4 Å². The highest BCUT2D eigenvalue weighted by atomic mass is 32.2. The molecule has 0 radical (unpaired) electrons. The fourth-order valence-corrected chi connectivity index (χ4v) is 4.24. The van der Waals surface area contributed by atoms with Gasteiger partial charge in [0.2, 0.25) is 5.91 Å². The van der Waals surface area contributed by atoms with E-state index in [1.54, 1.807) is 6.08 Å². The van der Waals surface area contributed by atoms with Gasteiger partial charge < -0.3 is 10.3 Å². The van der Waals surface area contributed by atoms with Crippen molar-refractivity contribution in [3.8, 4) is 0 Å². The van der Waals surface area contributed by atoms with Gasteiger partial charge in [-0.05, 0) is 41.5 Å². The van der Waals surface area contributed by atoms with Gasteiger partial charge in [-0.25, -0.2) is 0 Å². The summed E-state index contributed by atoms with van der Waals surface area (Å²) in [4.78, 5) is 41.7. The average Bonchev–Trinajstić information content (AvgIpc) is 3.29. The second kappa shape index (κ2) is 9.00. The van der Waals surface area contributed by atoms with Crippen LogP contribution in [0.15, 0.2) is 65.7 Å². The van der Waals surface area contributed by atoms with E-state index in [4.69, 9.17) is 0 Å². The van der Waals surface area contributed by atoms with E-state index in [0.717, 1.165) is 33.8 Å². The van der Waals surface area contributed by atoms with E-state index in [0.29, 0.717) is 17.7 Å². The molecule has 2 N–H and O–H groups in total. The number of para-hydroxylation sites is 1. The highest BCUT2D eigenvalue weighted by Gasteiger charge is 2.34. The molecule has 2 aromatic carbocycles. The van der Waals surface area contributed by atoms with Crippen LogP contribution in [0.2, 0.25) is 0 Å². The van der Waals surface area contributed by atoms with E-state index in [1.165, 1.54) is 4.90 Å². The summed E-state index contributed by atoms with van der Waals surface area (Å²) in [5.74, 6) is -0.422. The number of rotatable bonds is 7. The minimum Gasteiger partial charge on any atom is -0.361 e. The van der Waals surface area contributed by atoms with Crippen molar-refractivity contribution in [1.29, 1.82) is 0 Å². The molecule has 1 aromatic heterocycles. The molecule has 3 amide bonds. The molecule has 152 valence electrons. The topological polar surface area (TPSA) is 82.3 Å². The normalized spacial score (nSPS) is 15.3. The van der Waals surface area contributed by atoms with Crippen LogP contribution in [-0.4, -0.2) is 40.0 Å². The maximum absolute atomic E-state index is 12.5. The lowest BCUT2D eigenvalue weighted by Crippen LogP contribution is -2.37. The Morgan fingerprint density at radius 3 is 2.67 bits per heavy atom. The largest absolute Gasteiger partial charge is 0.361 e. The number of H-pyrrole nitrogens is 1. The van der Waals surface area contributed by atoms with Crippen LogP contribution in [0.3, 0.4) is 0 Å². The number of imide groups is 1. The number of fused-ring (bicyclic) bond motifs is 1. The molecule has 0 spiro atoms. The molecule has 1 aliphatic heterocycles. The number of benzene rings is 2. The third-order valence-corrected chi connectivity index (χ3v) is 5.83. The first-order chi connectivity index (χ1) is 14.6. The van der Waals surface area contributed by atoms with Gasteiger partial charge in [0.05, 0.1) is 4.91 Å². The first kappa shape index (κ1) is 20.0. The number of nitrogens with one attached hydrogen (secondary N) is 2. The molecule has 0 bridgehead atoms. The molecule has 30 heavy (non-hydrogen) atoms. The Bertz CT molecular complexity index is 1120. The van der Waals surface area contributed by atoms with Gasteiger partial charge in [0, 0.05) is 36.6 Å². The number of aryl methyl sites for hydroxylation is 1. The molecule has 7 heteroatoms. The lowest BCUT2D eigenvalue weighted by atomic mass is 10.1. The van der Waals surface area contributed by atoms with Crippen LogP contribution in [0, 0.1) is 0 Å². The SMILES string of the molecule is O=C(CCc1c[nH]c2ccccc12)NCCN1C(=O)S/C(=C/c2ccccc2)C1=O. The summed E-state index contributed by atoms with van der Waals surface area (Å²) in [7, 11) is 0. The molecule has 0 aliphatic carbocycles. The van der Waals surface area contributed by atoms with E-state index >= 15 is 0 Å². The second-order valence-corrected chi connectivity index (χ2v) is 7.95. The molecule has 3 aromatic rings. The molecule has 1 saturated heterocycles. The summed E-state index contributed by atoms with van der Waals surface area (Å²) in [6.45, 7) is 0.402. The molecule has 0 saturated carbocycles. The number of hydrogen-bond acceptors (Lipinski definition) is 4. The van der Waals surface area contributed by atoms with Gasteiger partial charge in [-0.15, -0.1) is 0 Å². The fraction of sp³-hybridized carbons (Fsp3) is 0.174. The highest BCUT2D eigenvalue weighted by Crippen LogP contribution is 2.31. The Hall–Kier alpha value is -3.32. The summed E-state index contributed by atoms with van der Waals surface area (Å²) in [5.41, 5.74) is 3.02. The zero-order chi connectivity index (χ0) is 20.9. The Labute approximate surface area is 178 Å². The standard InChI is InChI=1S/C23H21N3O3S/c27-21(11-10-17-15-25-19-9-5-4-8-18(17)19)24-12-13-26-22(28)20(30-23(26)29)14-16-6-2-1-3-7-16/h1-9,14-15,25H,10-13H2,(H,24,27)/b20-14+. The quantitative estimate of drug-likeness (QED) is 0.568. The van der Waals surface area contributed by atoms with Crippen LogP contribution in [0.5, 0.6) is 0 Å². The van der Waals surface area contributed by atoms with Crippen molar-refractivity contribution in [2.24, 2.45) is 0 Å². The van der Waals surface area contributed by atoms with E-state index in [9.17, 15) is 14.4 Å². The van der Waals surface area contributed by atoms with Gasteiger partial charge in [0.1, 0.15) is 0 Å². The number of hydrogen-bond donors (Lipinski definition) is 2. The zero-order valence-corrected chi connectivity index (χ0v) is 17.1. The van der Waals surface area contributed by atoms with E-state index in [1.807, 2.05) is 60.8 Å². The van der Waals surface area contributed by atoms with Crippen LogP contribution < -0.4 is 5.32 Å². The zero-order valence-electron chi connectivity index (χ0n) is 16.3. The van der Waals surface area contributed by atoms with Gasteiger partial charge in [-0.3, -0.25) is 19.3 Å². The van der Waals surface area contributed by atoms with Crippen molar-refractivity contribution in [3.63, 3.8) is 0 Å². The van der Waals surface area contributed by atoms with E-state index in [2.05, 4.69) is 10.3 Å². The Kier molecular flexibility index (Phi) is 5.99. The van der Waals surface area contributed by atoms with Crippen molar-refractivity contribution >= 4 is 45.8 Å². The van der Waals surface area contributed by atoms with Crippen LogP contribution in [0.4, 0.5) is 4.79 Å². The first-order valence-electron chi connectivity index (χ1n) is 9.74. The van der Waals surface area contributed by atoms with Crippen molar-refractivity contribution in [1.82, 2.24) is 15.2 Å². The average molecular weight is 420 g/mol. The molecule has 1 fully saturated rings. The predicted molar refractivity (Wildman–Crippen MR) is 119 cm³/mol. The molecular formula is C23H21N3O3S. The summed E-state index contributed by atoms with van der Waals surface area (Å²) in [5, 5.41) is 3.61. The Morgan fingerprint density at radius 2 is 1.83 bits per heavy atom. The number of aromatic amines is 1. The monoisotopic (exact) mass is 419 g/mol. The smallest absolute Gasteiger partial charge is 0.293 e. The van der Waals surface area contributed by atoms with Gasteiger partial charge >= 0.3 is 0 Å². The fourth-order valence-electron chi connectivity index (χ4n) is 3.38. The van der Waals surface area contributed by atoms with Crippen LogP contribution in [0.25, 0.3) is 17.0 Å². The molecule has 6 nitrogen and oxygen atoms in total. The van der Waals surface area contributed by atoms with Gasteiger partial charge in [-0.2, -0.15) is 0 Å². The summed E-state index contributed by atoms with van der Waals surface area (Å²) >= 11 is 0.927. The Morgan fingerprint density at radius 1 is 1.07 bits per heavy atom. The highest BCUT2D eigenvalue weighted by molar-refractivity contribution is 8.18. The number of amides is 3. The van der Waals surface area contributed by atoms with Crippen molar-refractivity contribution in [2.75, 3.05) is 13.1 Å². The minimum atomic E-state index is -0.318. The number of nitrogens with zero attached hydrogens (tertiary/aromatic N) is 1. The minimum absolute atomic E-state index is 0.105. The van der Waals surface area contributed by atoms with Crippen LogP contribution in [-0.2, 0) is 16.0 Å². The van der Waals surface area contributed by atoms with E-state index < -0.39 is 0 Å². The second-order valence-electron chi connectivity index (χ2n) is 6.95. The number of carbonyl (C=O) groups excluding carboxylic acids is 3. The molecule has 0 unspecified atom stereocenters.